The molecule has 0 bridgehead atoms. The highest BCUT2D eigenvalue weighted by Crippen LogP contribution is 2.34. The summed E-state index contributed by atoms with van der Waals surface area (Å²) in [7, 11) is 0. The van der Waals surface area contributed by atoms with Crippen LogP contribution in [0.4, 0.5) is 18.9 Å². The van der Waals surface area contributed by atoms with E-state index in [-0.39, 0.29) is 5.92 Å². The maximum Gasteiger partial charge on any atom is 0.573 e. The Morgan fingerprint density at radius 3 is 2.35 bits per heavy atom. The van der Waals surface area contributed by atoms with Gasteiger partial charge in [-0.1, -0.05) is 19.9 Å². The summed E-state index contributed by atoms with van der Waals surface area (Å²) in [5, 5.41) is 10.6. The van der Waals surface area contributed by atoms with Crippen molar-refractivity contribution in [1.82, 2.24) is 0 Å². The van der Waals surface area contributed by atoms with Crippen LogP contribution in [0.5, 0.6) is 5.75 Å². The van der Waals surface area contributed by atoms with E-state index in [2.05, 4.69) is 4.74 Å². The van der Waals surface area contributed by atoms with Crippen LogP contribution < -0.4 is 4.74 Å². The van der Waals surface area contributed by atoms with Gasteiger partial charge in [0.2, 0.25) is 5.75 Å². The maximum atomic E-state index is 12.0. The molecule has 94 valence electrons. The van der Waals surface area contributed by atoms with Crippen LogP contribution in [0.2, 0.25) is 0 Å². The first-order valence-electron chi connectivity index (χ1n) is 4.75. The Kier molecular flexibility index (Phi) is 3.59. The summed E-state index contributed by atoms with van der Waals surface area (Å²) >= 11 is 0. The molecular formula is C10H10F3NO3. The fourth-order valence-electron chi connectivity index (χ4n) is 1.25. The third kappa shape index (κ3) is 3.61. The van der Waals surface area contributed by atoms with Crippen LogP contribution in [0.1, 0.15) is 25.3 Å². The van der Waals surface area contributed by atoms with Gasteiger partial charge in [-0.3, -0.25) is 10.1 Å². The molecule has 0 fully saturated rings. The molecule has 4 nitrogen and oxygen atoms in total. The van der Waals surface area contributed by atoms with Gasteiger partial charge < -0.3 is 4.74 Å². The molecule has 7 heteroatoms. The summed E-state index contributed by atoms with van der Waals surface area (Å²) in [6.45, 7) is 3.56. The summed E-state index contributed by atoms with van der Waals surface area (Å²) in [6.07, 6.45) is -4.94. The molecule has 1 aromatic carbocycles. The first-order valence-corrected chi connectivity index (χ1v) is 4.75. The van der Waals surface area contributed by atoms with Gasteiger partial charge in [0.25, 0.3) is 0 Å². The summed E-state index contributed by atoms with van der Waals surface area (Å²) in [5.74, 6) is -0.819. The zero-order valence-electron chi connectivity index (χ0n) is 9.12. The third-order valence-electron chi connectivity index (χ3n) is 2.07. The van der Waals surface area contributed by atoms with E-state index >= 15 is 0 Å². The van der Waals surface area contributed by atoms with Gasteiger partial charge in [0.05, 0.1) is 4.92 Å². The molecule has 0 saturated carbocycles. The zero-order chi connectivity index (χ0) is 13.2. The molecule has 0 saturated heterocycles. The molecule has 1 aromatic rings. The average Bonchev–Trinajstić information content (AvgIpc) is 2.14. The number of ether oxygens (including phenoxy) is 1. The minimum atomic E-state index is -4.94. The second kappa shape index (κ2) is 4.60. The van der Waals surface area contributed by atoms with E-state index in [1.807, 2.05) is 0 Å². The number of hydrogen-bond donors (Lipinski definition) is 0. The predicted octanol–water partition coefficient (Wildman–Crippen LogP) is 3.62. The molecule has 0 aliphatic carbocycles. The SMILES string of the molecule is CC(C)c1ccc(OC(F)(F)F)c([N+](=O)[O-])c1. The molecule has 0 atom stereocenters. The molecule has 0 radical (unpaired) electrons. The minimum Gasteiger partial charge on any atom is -0.398 e. The van der Waals surface area contributed by atoms with E-state index in [4.69, 9.17) is 0 Å². The lowest BCUT2D eigenvalue weighted by Gasteiger charge is -2.11. The Morgan fingerprint density at radius 2 is 1.94 bits per heavy atom. The number of rotatable bonds is 3. The van der Waals surface area contributed by atoms with Gasteiger partial charge >= 0.3 is 12.0 Å². The van der Waals surface area contributed by atoms with Crippen molar-refractivity contribution in [1.29, 1.82) is 0 Å². The van der Waals surface area contributed by atoms with E-state index in [9.17, 15) is 23.3 Å². The molecular weight excluding hydrogens is 239 g/mol. The molecule has 17 heavy (non-hydrogen) atoms. The average molecular weight is 249 g/mol. The Labute approximate surface area is 95.2 Å². The molecule has 0 spiro atoms. The third-order valence-corrected chi connectivity index (χ3v) is 2.07. The number of nitro groups is 1. The number of benzene rings is 1. The van der Waals surface area contributed by atoms with Crippen molar-refractivity contribution in [2.75, 3.05) is 0 Å². The summed E-state index contributed by atoms with van der Waals surface area (Å²) < 4.78 is 39.6. The van der Waals surface area contributed by atoms with Crippen molar-refractivity contribution >= 4 is 5.69 Å². The maximum absolute atomic E-state index is 12.0. The van der Waals surface area contributed by atoms with Gasteiger partial charge in [-0.2, -0.15) is 0 Å². The van der Waals surface area contributed by atoms with Crippen LogP contribution in [-0.4, -0.2) is 11.3 Å². The molecule has 0 aromatic heterocycles. The highest BCUT2D eigenvalue weighted by Gasteiger charge is 2.34. The number of alkyl halides is 3. The lowest BCUT2D eigenvalue weighted by atomic mass is 10.0. The van der Waals surface area contributed by atoms with Crippen LogP contribution >= 0.6 is 0 Å². The minimum absolute atomic E-state index is 0.0198. The Balaban J connectivity index is 3.18. The number of hydrogen-bond acceptors (Lipinski definition) is 3. The van der Waals surface area contributed by atoms with E-state index in [1.54, 1.807) is 13.8 Å². The van der Waals surface area contributed by atoms with Gasteiger partial charge in [0.1, 0.15) is 0 Å². The van der Waals surface area contributed by atoms with Crippen molar-refractivity contribution in [3.63, 3.8) is 0 Å². The number of halogens is 3. The first-order chi connectivity index (χ1) is 7.70. The zero-order valence-corrected chi connectivity index (χ0v) is 9.12. The Bertz CT molecular complexity index is 429. The van der Waals surface area contributed by atoms with E-state index in [0.29, 0.717) is 5.56 Å². The lowest BCUT2D eigenvalue weighted by Crippen LogP contribution is -2.18. The van der Waals surface area contributed by atoms with Crippen molar-refractivity contribution in [2.24, 2.45) is 0 Å². The number of nitrogens with zero attached hydrogens (tertiary/aromatic N) is 1. The molecule has 0 aliphatic heterocycles. The van der Waals surface area contributed by atoms with Crippen molar-refractivity contribution < 1.29 is 22.8 Å². The van der Waals surface area contributed by atoms with Gasteiger partial charge in [0, 0.05) is 6.07 Å². The summed E-state index contributed by atoms with van der Waals surface area (Å²) in [4.78, 5) is 9.74. The molecule has 0 unspecified atom stereocenters. The van der Waals surface area contributed by atoms with E-state index in [0.717, 1.165) is 12.1 Å². The second-order valence-corrected chi connectivity index (χ2v) is 3.69. The lowest BCUT2D eigenvalue weighted by molar-refractivity contribution is -0.388. The van der Waals surface area contributed by atoms with Crippen molar-refractivity contribution in [3.05, 3.63) is 33.9 Å². The molecule has 0 aliphatic rings. The first kappa shape index (κ1) is 13.3. The Morgan fingerprint density at radius 1 is 1.35 bits per heavy atom. The smallest absolute Gasteiger partial charge is 0.398 e. The fraction of sp³-hybridized carbons (Fsp3) is 0.400. The summed E-state index contributed by atoms with van der Waals surface area (Å²) in [6, 6.07) is 3.42. The van der Waals surface area contributed by atoms with Crippen LogP contribution in [-0.2, 0) is 0 Å². The normalized spacial score (nSPS) is 11.6. The topological polar surface area (TPSA) is 52.4 Å². The summed E-state index contributed by atoms with van der Waals surface area (Å²) in [5.41, 5.74) is -0.111. The van der Waals surface area contributed by atoms with Gasteiger partial charge in [-0.15, -0.1) is 13.2 Å². The van der Waals surface area contributed by atoms with Crippen LogP contribution in [0.25, 0.3) is 0 Å². The molecule has 0 amide bonds. The van der Waals surface area contributed by atoms with Gasteiger partial charge in [0.15, 0.2) is 0 Å². The van der Waals surface area contributed by atoms with Crippen LogP contribution in [0, 0.1) is 10.1 Å². The van der Waals surface area contributed by atoms with E-state index in [1.165, 1.54) is 6.07 Å². The molecule has 1 rings (SSSR count). The second-order valence-electron chi connectivity index (χ2n) is 3.69. The fourth-order valence-corrected chi connectivity index (χ4v) is 1.25. The van der Waals surface area contributed by atoms with E-state index < -0.39 is 22.7 Å². The quantitative estimate of drug-likeness (QED) is 0.607. The Hall–Kier alpha value is -1.79. The standard InChI is InChI=1S/C10H10F3NO3/c1-6(2)7-3-4-9(17-10(11,12)13)8(5-7)14(15)16/h3-6H,1-2H3. The monoisotopic (exact) mass is 249 g/mol. The van der Waals surface area contributed by atoms with Gasteiger partial charge in [-0.25, -0.2) is 0 Å². The highest BCUT2D eigenvalue weighted by molar-refractivity contribution is 5.49. The highest BCUT2D eigenvalue weighted by atomic mass is 19.4. The number of nitro benzene ring substituents is 1. The van der Waals surface area contributed by atoms with Crippen molar-refractivity contribution in [3.8, 4) is 5.75 Å². The molecule has 0 heterocycles. The largest absolute Gasteiger partial charge is 0.573 e. The predicted molar refractivity (Wildman–Crippen MR) is 53.9 cm³/mol. The molecule has 0 N–H and O–H groups in total. The van der Waals surface area contributed by atoms with Crippen molar-refractivity contribution in [2.45, 2.75) is 26.1 Å². The van der Waals surface area contributed by atoms with Crippen LogP contribution in [0.3, 0.4) is 0 Å². The van der Waals surface area contributed by atoms with Gasteiger partial charge in [-0.05, 0) is 17.5 Å². The van der Waals surface area contributed by atoms with Crippen LogP contribution in [0.15, 0.2) is 18.2 Å².